The molecule has 0 saturated carbocycles. The average Bonchev–Trinajstić information content (AvgIpc) is 2.51. The summed E-state index contributed by atoms with van der Waals surface area (Å²) in [7, 11) is 0. The topological polar surface area (TPSA) is 67.8 Å². The molecule has 0 unspecified atom stereocenters. The number of H-pyrrole nitrogens is 1. The summed E-state index contributed by atoms with van der Waals surface area (Å²) in [6, 6.07) is 5.60. The highest BCUT2D eigenvalue weighted by Crippen LogP contribution is 2.18. The van der Waals surface area contributed by atoms with E-state index in [1.54, 1.807) is 0 Å². The first-order valence-corrected chi connectivity index (χ1v) is 7.06. The van der Waals surface area contributed by atoms with Crippen molar-refractivity contribution < 1.29 is 8.78 Å². The number of rotatable bonds is 1. The molecule has 2 aromatic heterocycles. The number of nitrogens with one attached hydrogen (secondary N) is 1. The van der Waals surface area contributed by atoms with Crippen LogP contribution < -0.4 is 11.1 Å². The normalized spacial score (nSPS) is 10.3. The van der Waals surface area contributed by atoms with Crippen molar-refractivity contribution in [1.82, 2.24) is 14.5 Å². The van der Waals surface area contributed by atoms with Gasteiger partial charge in [0.05, 0.1) is 5.39 Å². The number of halogens is 2. The first-order chi connectivity index (χ1) is 11.0. The van der Waals surface area contributed by atoms with Crippen LogP contribution in [0, 0.1) is 18.6 Å². The van der Waals surface area contributed by atoms with Gasteiger partial charge in [0.2, 0.25) is 0 Å². The Labute approximate surface area is 130 Å². The zero-order chi connectivity index (χ0) is 17.1. The molecule has 0 aliphatic carbocycles. The van der Waals surface area contributed by atoms with Gasteiger partial charge in [-0.3, -0.25) is 14.2 Å². The maximum atomic E-state index is 13.9. The molecular weight excluding hydrogens is 304 g/mol. The van der Waals surface area contributed by atoms with E-state index in [4.69, 9.17) is 0 Å². The van der Waals surface area contributed by atoms with Gasteiger partial charge in [0, 0.05) is 6.07 Å². The van der Waals surface area contributed by atoms with Crippen LogP contribution in [-0.2, 0) is 0 Å². The Balaban J connectivity index is 0.000000924. The van der Waals surface area contributed by atoms with Crippen LogP contribution in [0.25, 0.3) is 16.7 Å². The molecule has 3 aromatic rings. The number of hydrogen-bond acceptors (Lipinski definition) is 3. The molecule has 0 bridgehead atoms. The standard InChI is InChI=1S/C14H9F2N3O2.C2H6/c1-7-17-13-8(14(21)18-7)5-6-11(20)19(13)12-9(15)3-2-4-10(12)16;1-2/h2-6H,1H3,(H,17,18,21);1-2H3. The fourth-order valence-corrected chi connectivity index (χ4v) is 2.15. The third-order valence-corrected chi connectivity index (χ3v) is 3.04. The van der Waals surface area contributed by atoms with Gasteiger partial charge in [0.1, 0.15) is 23.1 Å². The molecule has 0 spiro atoms. The molecule has 0 aliphatic rings. The highest BCUT2D eigenvalue weighted by atomic mass is 19.1. The Morgan fingerprint density at radius 3 is 2.26 bits per heavy atom. The van der Waals surface area contributed by atoms with Gasteiger partial charge >= 0.3 is 0 Å². The van der Waals surface area contributed by atoms with Crippen molar-refractivity contribution in [2.75, 3.05) is 0 Å². The van der Waals surface area contributed by atoms with E-state index in [0.717, 1.165) is 22.8 Å². The molecule has 0 radical (unpaired) electrons. The maximum Gasteiger partial charge on any atom is 0.260 e. The zero-order valence-electron chi connectivity index (χ0n) is 12.9. The van der Waals surface area contributed by atoms with Gasteiger partial charge in [-0.05, 0) is 25.1 Å². The van der Waals surface area contributed by atoms with E-state index in [9.17, 15) is 18.4 Å². The van der Waals surface area contributed by atoms with Gasteiger partial charge in [-0.15, -0.1) is 0 Å². The fraction of sp³-hybridized carbons (Fsp3) is 0.188. The van der Waals surface area contributed by atoms with Gasteiger partial charge in [-0.25, -0.2) is 13.8 Å². The molecule has 0 amide bonds. The summed E-state index contributed by atoms with van der Waals surface area (Å²) in [6.45, 7) is 5.51. The third kappa shape index (κ3) is 2.90. The Morgan fingerprint density at radius 2 is 1.65 bits per heavy atom. The second-order valence-corrected chi connectivity index (χ2v) is 4.47. The van der Waals surface area contributed by atoms with Gasteiger partial charge in [0.25, 0.3) is 11.1 Å². The lowest BCUT2D eigenvalue weighted by Gasteiger charge is -2.11. The number of aromatic amines is 1. The number of hydrogen-bond donors (Lipinski definition) is 1. The molecule has 5 nitrogen and oxygen atoms in total. The molecule has 7 heteroatoms. The first kappa shape index (κ1) is 16.5. The predicted octanol–water partition coefficient (Wildman–Crippen LogP) is 2.69. The van der Waals surface area contributed by atoms with Crippen LogP contribution in [0.15, 0.2) is 39.9 Å². The van der Waals surface area contributed by atoms with Gasteiger partial charge in [-0.2, -0.15) is 0 Å². The summed E-state index contributed by atoms with van der Waals surface area (Å²) >= 11 is 0. The van der Waals surface area contributed by atoms with Crippen LogP contribution in [0.4, 0.5) is 8.78 Å². The van der Waals surface area contributed by atoms with E-state index < -0.39 is 28.4 Å². The number of fused-ring (bicyclic) bond motifs is 1. The summed E-state index contributed by atoms with van der Waals surface area (Å²) in [5, 5.41) is 0.0721. The summed E-state index contributed by atoms with van der Waals surface area (Å²) in [5.74, 6) is -1.59. The van der Waals surface area contributed by atoms with E-state index in [0.29, 0.717) is 0 Å². The number of nitrogens with zero attached hydrogens (tertiary/aromatic N) is 2. The Kier molecular flexibility index (Phi) is 4.68. The SMILES string of the molecule is CC.Cc1nc2c(ccc(=O)n2-c2c(F)cccc2F)c(=O)[nH]1. The van der Waals surface area contributed by atoms with E-state index in [-0.39, 0.29) is 16.9 Å². The van der Waals surface area contributed by atoms with E-state index in [1.807, 2.05) is 13.8 Å². The highest BCUT2D eigenvalue weighted by Gasteiger charge is 2.16. The minimum atomic E-state index is -0.913. The quantitative estimate of drug-likeness (QED) is 0.750. The minimum Gasteiger partial charge on any atom is -0.310 e. The number of benzene rings is 1. The lowest BCUT2D eigenvalue weighted by molar-refractivity contribution is 0.568. The molecule has 1 aromatic carbocycles. The number of para-hydroxylation sites is 1. The monoisotopic (exact) mass is 319 g/mol. The van der Waals surface area contributed by atoms with E-state index in [2.05, 4.69) is 9.97 Å². The van der Waals surface area contributed by atoms with Crippen molar-refractivity contribution in [2.24, 2.45) is 0 Å². The molecule has 3 rings (SSSR count). The number of pyridine rings is 1. The lowest BCUT2D eigenvalue weighted by Crippen LogP contribution is -2.24. The van der Waals surface area contributed by atoms with Crippen molar-refractivity contribution in [1.29, 1.82) is 0 Å². The highest BCUT2D eigenvalue weighted by molar-refractivity contribution is 5.75. The largest absolute Gasteiger partial charge is 0.310 e. The molecule has 2 heterocycles. The molecule has 120 valence electrons. The maximum absolute atomic E-state index is 13.9. The Morgan fingerprint density at radius 1 is 1.04 bits per heavy atom. The summed E-state index contributed by atoms with van der Waals surface area (Å²) in [4.78, 5) is 30.4. The van der Waals surface area contributed by atoms with Crippen molar-refractivity contribution >= 4 is 11.0 Å². The summed E-state index contributed by atoms with van der Waals surface area (Å²) < 4.78 is 28.6. The molecule has 0 saturated heterocycles. The molecular formula is C16H15F2N3O2. The van der Waals surface area contributed by atoms with Gasteiger partial charge < -0.3 is 4.98 Å². The third-order valence-electron chi connectivity index (χ3n) is 3.04. The van der Waals surface area contributed by atoms with Gasteiger partial charge in [-0.1, -0.05) is 19.9 Å². The Bertz CT molecular complexity index is 957. The second kappa shape index (κ2) is 6.51. The first-order valence-electron chi connectivity index (χ1n) is 7.06. The number of aromatic nitrogens is 3. The average molecular weight is 319 g/mol. The van der Waals surface area contributed by atoms with Crippen LogP contribution in [-0.4, -0.2) is 14.5 Å². The predicted molar refractivity (Wildman–Crippen MR) is 84.0 cm³/mol. The minimum absolute atomic E-state index is 0.0721. The fourth-order valence-electron chi connectivity index (χ4n) is 2.15. The summed E-state index contributed by atoms with van der Waals surface area (Å²) in [5.41, 5.74) is -1.80. The van der Waals surface area contributed by atoms with E-state index in [1.165, 1.54) is 19.1 Å². The van der Waals surface area contributed by atoms with Crippen LogP contribution in [0.5, 0.6) is 0 Å². The molecule has 1 N–H and O–H groups in total. The van der Waals surface area contributed by atoms with E-state index >= 15 is 0 Å². The van der Waals surface area contributed by atoms with Crippen molar-refractivity contribution in [3.05, 3.63) is 68.5 Å². The van der Waals surface area contributed by atoms with Crippen molar-refractivity contribution in [2.45, 2.75) is 20.8 Å². The molecule has 23 heavy (non-hydrogen) atoms. The molecule has 0 fully saturated rings. The zero-order valence-corrected chi connectivity index (χ0v) is 12.9. The molecule has 0 atom stereocenters. The van der Waals surface area contributed by atoms with Crippen LogP contribution >= 0.6 is 0 Å². The van der Waals surface area contributed by atoms with Crippen LogP contribution in [0.1, 0.15) is 19.7 Å². The lowest BCUT2D eigenvalue weighted by atomic mass is 10.2. The van der Waals surface area contributed by atoms with Crippen molar-refractivity contribution in [3.63, 3.8) is 0 Å². The van der Waals surface area contributed by atoms with Gasteiger partial charge in [0.15, 0.2) is 5.65 Å². The summed E-state index contributed by atoms with van der Waals surface area (Å²) in [6.07, 6.45) is 0. The molecule has 0 aliphatic heterocycles. The van der Waals surface area contributed by atoms with Crippen LogP contribution in [0.3, 0.4) is 0 Å². The smallest absolute Gasteiger partial charge is 0.260 e. The second-order valence-electron chi connectivity index (χ2n) is 4.47. The van der Waals surface area contributed by atoms with Crippen LogP contribution in [0.2, 0.25) is 0 Å². The van der Waals surface area contributed by atoms with Crippen molar-refractivity contribution in [3.8, 4) is 5.69 Å². The number of aryl methyl sites for hydroxylation is 1. The Hall–Kier alpha value is -2.83.